The molecule has 0 aromatic heterocycles. The Balaban J connectivity index is 0.00000106. The number of hydrogen-bond donors (Lipinski definition) is 1. The number of fused-ring (bicyclic) bond motifs is 7. The fourth-order valence-corrected chi connectivity index (χ4v) is 10.1. The number of primary amides is 1. The molecule has 0 aromatic rings. The molecule has 40 heavy (non-hydrogen) atoms. The molecule has 0 aromatic carbocycles. The zero-order valence-electron chi connectivity index (χ0n) is 27.1. The average Bonchev–Trinajstić information content (AvgIpc) is 2.89. The van der Waals surface area contributed by atoms with Crippen molar-refractivity contribution in [3.8, 4) is 6.07 Å². The highest BCUT2D eigenvalue weighted by Gasteiger charge is 2.70. The summed E-state index contributed by atoms with van der Waals surface area (Å²) in [6, 6.07) is 2.16. The van der Waals surface area contributed by atoms with E-state index < -0.39 is 16.2 Å². The van der Waals surface area contributed by atoms with Crippen molar-refractivity contribution in [1.82, 2.24) is 0 Å². The maximum absolute atomic E-state index is 14.3. The lowest BCUT2D eigenvalue weighted by atomic mass is 9.34. The summed E-state index contributed by atoms with van der Waals surface area (Å²) in [7, 11) is 0. The van der Waals surface area contributed by atoms with Crippen molar-refractivity contribution in [2.75, 3.05) is 0 Å². The number of amides is 1. The molecule has 5 aliphatic carbocycles. The Morgan fingerprint density at radius 3 is 2.05 bits per heavy atom. The van der Waals surface area contributed by atoms with Gasteiger partial charge in [-0.2, -0.15) is 5.26 Å². The third-order valence-corrected chi connectivity index (χ3v) is 12.4. The molecule has 0 heterocycles. The fraction of sp³-hybridized carbons (Fsp3) is 0.771. The summed E-state index contributed by atoms with van der Waals surface area (Å²) in [4.78, 5) is 40.4. The molecule has 3 saturated carbocycles. The first-order chi connectivity index (χ1) is 18.5. The monoisotopic (exact) mass is 550 g/mol. The van der Waals surface area contributed by atoms with Crippen LogP contribution in [-0.2, 0) is 14.4 Å². The third kappa shape index (κ3) is 4.10. The number of carbonyl (C=O) groups excluding carboxylic acids is 3. The summed E-state index contributed by atoms with van der Waals surface area (Å²) in [6.45, 7) is 23.2. The number of nitrogens with two attached hydrogens (primary N) is 1. The van der Waals surface area contributed by atoms with Crippen LogP contribution in [0.3, 0.4) is 0 Å². The molecular formula is C35H54N2O3. The summed E-state index contributed by atoms with van der Waals surface area (Å²) in [5, 5.41) is 9.84. The van der Waals surface area contributed by atoms with Crippen molar-refractivity contribution in [2.45, 2.75) is 121 Å². The fourth-order valence-electron chi connectivity index (χ4n) is 10.1. The van der Waals surface area contributed by atoms with Crippen LogP contribution in [0, 0.1) is 61.6 Å². The Labute approximate surface area is 243 Å². The number of hydrogen-bond acceptors (Lipinski definition) is 4. The van der Waals surface area contributed by atoms with Crippen molar-refractivity contribution < 1.29 is 14.4 Å². The van der Waals surface area contributed by atoms with Crippen LogP contribution < -0.4 is 5.73 Å². The molecule has 0 spiro atoms. The lowest BCUT2D eigenvalue weighted by Crippen LogP contribution is -2.66. The molecule has 0 radical (unpaired) electrons. The Bertz CT molecular complexity index is 1190. The van der Waals surface area contributed by atoms with Gasteiger partial charge in [0.1, 0.15) is 6.07 Å². The van der Waals surface area contributed by atoms with Gasteiger partial charge in [-0.3, -0.25) is 14.4 Å². The highest BCUT2D eigenvalue weighted by atomic mass is 16.1. The lowest BCUT2D eigenvalue weighted by molar-refractivity contribution is -0.176. The van der Waals surface area contributed by atoms with Crippen LogP contribution in [0.25, 0.3) is 0 Å². The van der Waals surface area contributed by atoms with Crippen molar-refractivity contribution in [3.63, 3.8) is 0 Å². The van der Waals surface area contributed by atoms with Crippen LogP contribution in [0.5, 0.6) is 0 Å². The summed E-state index contributed by atoms with van der Waals surface area (Å²) in [6.07, 6.45) is 9.59. The minimum Gasteiger partial charge on any atom is -0.369 e. The van der Waals surface area contributed by atoms with Crippen LogP contribution in [0.15, 0.2) is 23.3 Å². The Hall–Kier alpha value is -2.22. The lowest BCUT2D eigenvalue weighted by Gasteiger charge is -2.68. The molecule has 0 aliphatic heterocycles. The van der Waals surface area contributed by atoms with E-state index in [1.165, 1.54) is 0 Å². The molecular weight excluding hydrogens is 496 g/mol. The average molecular weight is 551 g/mol. The van der Waals surface area contributed by atoms with Gasteiger partial charge in [0.25, 0.3) is 0 Å². The molecule has 5 heteroatoms. The SMILES string of the molecule is CC.CC.CC1(C)CC[C@]2(C(N)=O)CC[C@]3(C)[C@H](C(=O)C=C4[C@@]5(C)C=C(C#N)C(=O)C(C)(C)C5CC[C@]43C)[C@@H]2C1. The van der Waals surface area contributed by atoms with Crippen molar-refractivity contribution in [2.24, 2.45) is 56.0 Å². The Morgan fingerprint density at radius 2 is 1.50 bits per heavy atom. The largest absolute Gasteiger partial charge is 0.369 e. The maximum Gasteiger partial charge on any atom is 0.223 e. The van der Waals surface area contributed by atoms with E-state index in [2.05, 4.69) is 40.7 Å². The summed E-state index contributed by atoms with van der Waals surface area (Å²) >= 11 is 0. The van der Waals surface area contributed by atoms with Crippen molar-refractivity contribution >= 4 is 17.5 Å². The first kappa shape index (κ1) is 32.3. The van der Waals surface area contributed by atoms with Gasteiger partial charge in [0.15, 0.2) is 11.6 Å². The van der Waals surface area contributed by atoms with E-state index >= 15 is 0 Å². The molecule has 5 rings (SSSR count). The second kappa shape index (κ2) is 10.2. The van der Waals surface area contributed by atoms with Gasteiger partial charge in [-0.15, -0.1) is 0 Å². The highest BCUT2D eigenvalue weighted by Crippen LogP contribution is 2.74. The molecule has 1 amide bonds. The Kier molecular flexibility index (Phi) is 8.28. The zero-order chi connectivity index (χ0) is 30.7. The predicted molar refractivity (Wildman–Crippen MR) is 161 cm³/mol. The van der Waals surface area contributed by atoms with Gasteiger partial charge in [-0.1, -0.05) is 87.8 Å². The van der Waals surface area contributed by atoms with Crippen molar-refractivity contribution in [3.05, 3.63) is 23.3 Å². The first-order valence-corrected chi connectivity index (χ1v) is 15.7. The van der Waals surface area contributed by atoms with Crippen LogP contribution in [0.1, 0.15) is 121 Å². The van der Waals surface area contributed by atoms with Gasteiger partial charge in [0.2, 0.25) is 5.91 Å². The van der Waals surface area contributed by atoms with Gasteiger partial charge >= 0.3 is 0 Å². The smallest absolute Gasteiger partial charge is 0.223 e. The van der Waals surface area contributed by atoms with Gasteiger partial charge in [0, 0.05) is 16.7 Å². The molecule has 5 aliphatic rings. The quantitative estimate of drug-likeness (QED) is 0.361. The zero-order valence-corrected chi connectivity index (χ0v) is 27.1. The van der Waals surface area contributed by atoms with E-state index in [1.807, 2.05) is 53.7 Å². The molecule has 1 unspecified atom stereocenters. The van der Waals surface area contributed by atoms with Gasteiger partial charge in [-0.05, 0) is 79.1 Å². The van der Waals surface area contributed by atoms with Gasteiger partial charge < -0.3 is 5.73 Å². The topological polar surface area (TPSA) is 101 Å². The van der Waals surface area contributed by atoms with E-state index in [0.717, 1.165) is 50.5 Å². The second-order valence-electron chi connectivity index (χ2n) is 14.8. The minimum atomic E-state index is -0.668. The van der Waals surface area contributed by atoms with Crippen LogP contribution >= 0.6 is 0 Å². The first-order valence-electron chi connectivity index (χ1n) is 15.7. The Morgan fingerprint density at radius 1 is 0.925 bits per heavy atom. The van der Waals surface area contributed by atoms with E-state index in [-0.39, 0.29) is 57.0 Å². The number of nitrogens with zero attached hydrogens (tertiary/aromatic N) is 1. The number of rotatable bonds is 1. The van der Waals surface area contributed by atoms with Crippen LogP contribution in [0.2, 0.25) is 0 Å². The molecule has 3 fully saturated rings. The summed E-state index contributed by atoms with van der Waals surface area (Å²) in [5.74, 6) is -0.478. The molecule has 5 nitrogen and oxygen atoms in total. The van der Waals surface area contributed by atoms with Crippen LogP contribution in [-0.4, -0.2) is 17.5 Å². The minimum absolute atomic E-state index is 0.0313. The normalized spacial score (nSPS) is 42.3. The van der Waals surface area contributed by atoms with Gasteiger partial charge in [0.05, 0.1) is 11.0 Å². The summed E-state index contributed by atoms with van der Waals surface area (Å²) < 4.78 is 0. The molecule has 222 valence electrons. The highest BCUT2D eigenvalue weighted by molar-refractivity contribution is 6.04. The number of allylic oxidation sites excluding steroid dienone is 4. The maximum atomic E-state index is 14.3. The molecule has 0 saturated heterocycles. The van der Waals surface area contributed by atoms with E-state index in [9.17, 15) is 19.6 Å². The van der Waals surface area contributed by atoms with E-state index in [1.54, 1.807) is 0 Å². The van der Waals surface area contributed by atoms with Gasteiger partial charge in [-0.25, -0.2) is 0 Å². The number of carbonyl (C=O) groups is 3. The number of Topliss-reactive ketones (excluding diaryl/α,β-unsaturated/α-hetero) is 1. The number of nitriles is 1. The number of ketones is 2. The third-order valence-electron chi connectivity index (χ3n) is 12.4. The summed E-state index contributed by atoms with van der Waals surface area (Å²) in [5.41, 5.74) is 5.10. The molecule has 0 bridgehead atoms. The van der Waals surface area contributed by atoms with E-state index in [0.29, 0.717) is 0 Å². The van der Waals surface area contributed by atoms with E-state index in [4.69, 9.17) is 5.73 Å². The second-order valence-corrected chi connectivity index (χ2v) is 14.8. The molecule has 7 atom stereocenters. The van der Waals surface area contributed by atoms with Crippen molar-refractivity contribution in [1.29, 1.82) is 5.26 Å². The predicted octanol–water partition coefficient (Wildman–Crippen LogP) is 7.74. The molecule has 2 N–H and O–H groups in total. The van der Waals surface area contributed by atoms with Crippen LogP contribution in [0.4, 0.5) is 0 Å². The standard InChI is InChI=1S/C31H42N2O3.2C2H6/c1-26(2)10-12-31(25(33)36)13-11-30(7)23(19(31)16-26)20(34)14-22-28(5)15-18(17-32)24(35)27(3,4)21(28)8-9-29(22,30)6;2*1-2/h14-15,19,21,23H,8-13,16H2,1-7H3,(H2,33,36);2*1-2H3/t19-,21?,23-,28-,29+,30+,31-;;/m0../s1.